The molecule has 2 aliphatic rings. The highest BCUT2D eigenvalue weighted by atomic mass is 16.1. The van der Waals surface area contributed by atoms with Crippen molar-refractivity contribution in [2.24, 2.45) is 0 Å². The number of hydrogen-bond donors (Lipinski definition) is 0. The summed E-state index contributed by atoms with van der Waals surface area (Å²) in [5, 5.41) is 0. The van der Waals surface area contributed by atoms with Crippen LogP contribution in [0.15, 0.2) is 30.3 Å². The van der Waals surface area contributed by atoms with Crippen LogP contribution in [0.4, 0.5) is 0 Å². The van der Waals surface area contributed by atoms with Gasteiger partial charge in [-0.3, -0.25) is 14.6 Å². The summed E-state index contributed by atoms with van der Waals surface area (Å²) >= 11 is 0. The maximum atomic E-state index is 12.9. The number of carbonyl (C=O) groups is 1. The second kappa shape index (κ2) is 6.29. The number of piperazine rings is 1. The van der Waals surface area contributed by atoms with Crippen molar-refractivity contribution in [1.29, 1.82) is 0 Å². The summed E-state index contributed by atoms with van der Waals surface area (Å²) in [7, 11) is 0. The summed E-state index contributed by atoms with van der Waals surface area (Å²) in [6, 6.07) is 10.9. The van der Waals surface area contributed by atoms with E-state index in [2.05, 4.69) is 23.6 Å². The van der Waals surface area contributed by atoms with E-state index < -0.39 is 0 Å². The first-order valence-electron chi connectivity index (χ1n) is 8.29. The minimum atomic E-state index is 0.0325. The lowest BCUT2D eigenvalue weighted by molar-refractivity contribution is 0.0259. The molecule has 3 atom stereocenters. The summed E-state index contributed by atoms with van der Waals surface area (Å²) in [5.74, 6) is 0.288. The Morgan fingerprint density at radius 1 is 1.29 bits per heavy atom. The molecule has 0 N–H and O–H groups in total. The molecule has 3 heteroatoms. The molecule has 3 unspecified atom stereocenters. The number of nitrogens with zero attached hydrogens (tertiary/aromatic N) is 2. The Bertz CT molecular complexity index is 487. The molecule has 114 valence electrons. The topological polar surface area (TPSA) is 23.6 Å². The van der Waals surface area contributed by atoms with Gasteiger partial charge in [0.25, 0.3) is 0 Å². The molecule has 0 spiro atoms. The van der Waals surface area contributed by atoms with E-state index in [1.165, 1.54) is 19.4 Å². The fourth-order valence-electron chi connectivity index (χ4n) is 4.01. The van der Waals surface area contributed by atoms with Crippen molar-refractivity contribution < 1.29 is 4.79 Å². The van der Waals surface area contributed by atoms with Crippen molar-refractivity contribution in [1.82, 2.24) is 9.80 Å². The Morgan fingerprint density at radius 3 is 2.76 bits per heavy atom. The molecule has 0 aromatic heterocycles. The SMILES string of the molecule is CCC(C(=O)c1ccccc1)N1CC2CCCN2CC1C. The molecular weight excluding hydrogens is 260 g/mol. The number of ketones is 1. The zero-order valence-corrected chi connectivity index (χ0v) is 13.2. The maximum absolute atomic E-state index is 12.9. The molecule has 2 aliphatic heterocycles. The van der Waals surface area contributed by atoms with E-state index in [0.29, 0.717) is 12.1 Å². The highest BCUT2D eigenvalue weighted by Crippen LogP contribution is 2.27. The first kappa shape index (κ1) is 14.7. The average molecular weight is 286 g/mol. The quantitative estimate of drug-likeness (QED) is 0.795. The zero-order chi connectivity index (χ0) is 14.8. The van der Waals surface area contributed by atoms with Crippen LogP contribution in [-0.4, -0.2) is 53.3 Å². The van der Waals surface area contributed by atoms with Gasteiger partial charge in [0, 0.05) is 30.7 Å². The summed E-state index contributed by atoms with van der Waals surface area (Å²) in [4.78, 5) is 17.9. The zero-order valence-electron chi connectivity index (χ0n) is 13.2. The number of Topliss-reactive ketones (excluding diaryl/α,β-unsaturated/α-hetero) is 1. The molecular formula is C18H26N2O. The summed E-state index contributed by atoms with van der Waals surface area (Å²) in [6.45, 7) is 7.82. The molecule has 3 rings (SSSR count). The number of carbonyl (C=O) groups excluding carboxylic acids is 1. The monoisotopic (exact) mass is 286 g/mol. The van der Waals surface area contributed by atoms with Crippen molar-refractivity contribution in [2.75, 3.05) is 19.6 Å². The minimum Gasteiger partial charge on any atom is -0.298 e. The average Bonchev–Trinajstić information content (AvgIpc) is 2.96. The van der Waals surface area contributed by atoms with Gasteiger partial charge in [-0.2, -0.15) is 0 Å². The Labute approximate surface area is 127 Å². The van der Waals surface area contributed by atoms with Crippen LogP contribution in [-0.2, 0) is 0 Å². The molecule has 2 heterocycles. The third-order valence-corrected chi connectivity index (χ3v) is 5.13. The highest BCUT2D eigenvalue weighted by molar-refractivity contribution is 6.00. The van der Waals surface area contributed by atoms with E-state index in [1.807, 2.05) is 30.3 Å². The Balaban J connectivity index is 1.77. The van der Waals surface area contributed by atoms with E-state index in [1.54, 1.807) is 0 Å². The molecule has 0 radical (unpaired) electrons. The fourth-order valence-corrected chi connectivity index (χ4v) is 4.01. The van der Waals surface area contributed by atoms with Gasteiger partial charge in [-0.15, -0.1) is 0 Å². The second-order valence-electron chi connectivity index (χ2n) is 6.49. The first-order chi connectivity index (χ1) is 10.2. The van der Waals surface area contributed by atoms with Gasteiger partial charge >= 0.3 is 0 Å². The van der Waals surface area contributed by atoms with Crippen LogP contribution in [0.2, 0.25) is 0 Å². The van der Waals surface area contributed by atoms with Gasteiger partial charge in [0.05, 0.1) is 6.04 Å². The summed E-state index contributed by atoms with van der Waals surface area (Å²) < 4.78 is 0. The van der Waals surface area contributed by atoms with E-state index in [9.17, 15) is 4.79 Å². The van der Waals surface area contributed by atoms with Gasteiger partial charge in [0.1, 0.15) is 0 Å². The van der Waals surface area contributed by atoms with E-state index >= 15 is 0 Å². The standard InChI is InChI=1S/C18H26N2O/c1-3-17(18(21)15-8-5-4-6-9-15)20-13-16-10-7-11-19(16)12-14(20)2/h4-6,8-9,14,16-17H,3,7,10-13H2,1-2H3. The first-order valence-corrected chi connectivity index (χ1v) is 8.29. The van der Waals surface area contributed by atoms with Crippen LogP contribution in [0, 0.1) is 0 Å². The normalized spacial score (nSPS) is 28.3. The van der Waals surface area contributed by atoms with Gasteiger partial charge in [-0.05, 0) is 32.7 Å². The molecule has 2 fully saturated rings. The van der Waals surface area contributed by atoms with Crippen molar-refractivity contribution >= 4 is 5.78 Å². The fraction of sp³-hybridized carbons (Fsp3) is 0.611. The van der Waals surface area contributed by atoms with Gasteiger partial charge in [0.2, 0.25) is 0 Å². The molecule has 0 aliphatic carbocycles. The van der Waals surface area contributed by atoms with Crippen LogP contribution in [0.5, 0.6) is 0 Å². The van der Waals surface area contributed by atoms with E-state index in [-0.39, 0.29) is 11.8 Å². The molecule has 1 aromatic carbocycles. The molecule has 3 nitrogen and oxygen atoms in total. The van der Waals surface area contributed by atoms with E-state index in [0.717, 1.165) is 25.1 Å². The van der Waals surface area contributed by atoms with Gasteiger partial charge in [0.15, 0.2) is 5.78 Å². The molecule has 21 heavy (non-hydrogen) atoms. The Kier molecular flexibility index (Phi) is 4.41. The van der Waals surface area contributed by atoms with Gasteiger partial charge in [-0.25, -0.2) is 0 Å². The third kappa shape index (κ3) is 2.90. The van der Waals surface area contributed by atoms with Crippen molar-refractivity contribution in [3.05, 3.63) is 35.9 Å². The summed E-state index contributed by atoms with van der Waals surface area (Å²) in [6.07, 6.45) is 3.50. The number of hydrogen-bond acceptors (Lipinski definition) is 3. The second-order valence-corrected chi connectivity index (χ2v) is 6.49. The Morgan fingerprint density at radius 2 is 2.05 bits per heavy atom. The highest BCUT2D eigenvalue weighted by Gasteiger charge is 2.38. The molecule has 0 bridgehead atoms. The van der Waals surface area contributed by atoms with Gasteiger partial charge in [-0.1, -0.05) is 37.3 Å². The smallest absolute Gasteiger partial charge is 0.179 e. The van der Waals surface area contributed by atoms with Crippen molar-refractivity contribution in [2.45, 2.75) is 51.2 Å². The number of benzene rings is 1. The molecule has 0 saturated carbocycles. The maximum Gasteiger partial charge on any atom is 0.179 e. The minimum absolute atomic E-state index is 0.0325. The largest absolute Gasteiger partial charge is 0.298 e. The lowest BCUT2D eigenvalue weighted by Crippen LogP contribution is -2.59. The van der Waals surface area contributed by atoms with E-state index in [4.69, 9.17) is 0 Å². The van der Waals surface area contributed by atoms with Crippen molar-refractivity contribution in [3.8, 4) is 0 Å². The predicted molar refractivity (Wildman–Crippen MR) is 85.6 cm³/mol. The van der Waals surface area contributed by atoms with Crippen LogP contribution in [0.3, 0.4) is 0 Å². The van der Waals surface area contributed by atoms with Gasteiger partial charge < -0.3 is 0 Å². The number of fused-ring (bicyclic) bond motifs is 1. The van der Waals surface area contributed by atoms with Crippen LogP contribution >= 0.6 is 0 Å². The molecule has 0 amide bonds. The molecule has 2 saturated heterocycles. The lowest BCUT2D eigenvalue weighted by atomic mass is 9.96. The molecule has 1 aromatic rings. The van der Waals surface area contributed by atoms with Crippen LogP contribution in [0.25, 0.3) is 0 Å². The van der Waals surface area contributed by atoms with Crippen LogP contribution < -0.4 is 0 Å². The van der Waals surface area contributed by atoms with Crippen molar-refractivity contribution in [3.63, 3.8) is 0 Å². The predicted octanol–water partition coefficient (Wildman–Crippen LogP) is 2.82. The third-order valence-electron chi connectivity index (χ3n) is 5.13. The van der Waals surface area contributed by atoms with Crippen LogP contribution in [0.1, 0.15) is 43.5 Å². The lowest BCUT2D eigenvalue weighted by Gasteiger charge is -2.45. The number of rotatable bonds is 4. The summed E-state index contributed by atoms with van der Waals surface area (Å²) in [5.41, 5.74) is 0.852. The Hall–Kier alpha value is -1.19.